The molecule has 0 aromatic rings. The van der Waals surface area contributed by atoms with Gasteiger partial charge in [0.2, 0.25) is 0 Å². The van der Waals surface area contributed by atoms with Gasteiger partial charge in [0.05, 0.1) is 26.4 Å². The van der Waals surface area contributed by atoms with E-state index >= 15 is 0 Å². The third-order valence-corrected chi connectivity index (χ3v) is 12.1. The van der Waals surface area contributed by atoms with Crippen LogP contribution in [0, 0.1) is 0 Å². The molecule has 2 rings (SSSR count). The number of unbranched alkanes of at least 4 members (excludes halogenated alkanes) is 11. The third-order valence-electron chi connectivity index (χ3n) is 12.1. The fourth-order valence-corrected chi connectivity index (χ4v) is 7.80. The van der Waals surface area contributed by atoms with E-state index in [4.69, 9.17) is 28.4 Å². The van der Waals surface area contributed by atoms with E-state index in [0.29, 0.717) is 13.0 Å². The van der Waals surface area contributed by atoms with Crippen molar-refractivity contribution in [3.05, 3.63) is 97.2 Å². The van der Waals surface area contributed by atoms with E-state index in [2.05, 4.69) is 111 Å². The molecule has 0 radical (unpaired) electrons. The number of hydrogen-bond acceptors (Lipinski definition) is 14. The molecular weight excluding hydrogens is 909 g/mol. The van der Waals surface area contributed by atoms with Crippen molar-refractivity contribution in [3.8, 4) is 0 Å². The average molecular weight is 1000 g/mol. The molecule has 71 heavy (non-hydrogen) atoms. The second-order valence-electron chi connectivity index (χ2n) is 18.3. The first-order chi connectivity index (χ1) is 34.6. The number of carbonyl (C=O) groups is 1. The molecule has 0 aliphatic carbocycles. The van der Waals surface area contributed by atoms with Crippen LogP contribution in [-0.4, -0.2) is 142 Å². The summed E-state index contributed by atoms with van der Waals surface area (Å²) in [5.41, 5.74) is 0. The number of aliphatic hydroxyl groups is 7. The van der Waals surface area contributed by atoms with E-state index in [9.17, 15) is 40.5 Å². The van der Waals surface area contributed by atoms with E-state index in [1.165, 1.54) is 6.42 Å². The van der Waals surface area contributed by atoms with Gasteiger partial charge in [0.1, 0.15) is 54.9 Å². The molecule has 2 fully saturated rings. The van der Waals surface area contributed by atoms with Gasteiger partial charge in [-0.15, -0.1) is 0 Å². The summed E-state index contributed by atoms with van der Waals surface area (Å²) in [7, 11) is 0. The van der Waals surface area contributed by atoms with Crippen LogP contribution in [0.15, 0.2) is 97.2 Å². The Bertz CT molecular complexity index is 1540. The first-order valence-electron chi connectivity index (χ1n) is 26.8. The van der Waals surface area contributed by atoms with Gasteiger partial charge < -0.3 is 64.2 Å². The minimum absolute atomic E-state index is 0.0378. The van der Waals surface area contributed by atoms with Gasteiger partial charge in [-0.05, 0) is 89.9 Å². The Labute approximate surface area is 426 Å². The third kappa shape index (κ3) is 30.6. The van der Waals surface area contributed by atoms with E-state index < -0.39 is 86.7 Å². The van der Waals surface area contributed by atoms with Crippen molar-refractivity contribution in [2.45, 2.75) is 223 Å². The summed E-state index contributed by atoms with van der Waals surface area (Å²) < 4.78 is 34.3. The Balaban J connectivity index is 1.77. The highest BCUT2D eigenvalue weighted by molar-refractivity contribution is 5.69. The molecular formula is C57H94O14. The molecule has 11 unspecified atom stereocenters. The van der Waals surface area contributed by atoms with E-state index in [0.717, 1.165) is 122 Å². The van der Waals surface area contributed by atoms with Crippen LogP contribution in [0.25, 0.3) is 0 Å². The van der Waals surface area contributed by atoms with Gasteiger partial charge in [-0.1, -0.05) is 156 Å². The zero-order valence-electron chi connectivity index (χ0n) is 43.2. The fraction of sp³-hybridized carbons (Fsp3) is 0.702. The summed E-state index contributed by atoms with van der Waals surface area (Å²) in [6.45, 7) is 3.38. The number of ether oxygens (including phenoxy) is 6. The zero-order valence-corrected chi connectivity index (χ0v) is 43.2. The number of allylic oxidation sites excluding steroid dienone is 16. The lowest BCUT2D eigenvalue weighted by molar-refractivity contribution is -0.332. The van der Waals surface area contributed by atoms with Crippen molar-refractivity contribution < 1.29 is 69.0 Å². The second-order valence-corrected chi connectivity index (χ2v) is 18.3. The highest BCUT2D eigenvalue weighted by atomic mass is 16.7. The smallest absolute Gasteiger partial charge is 0.306 e. The summed E-state index contributed by atoms with van der Waals surface area (Å²) >= 11 is 0. The largest absolute Gasteiger partial charge is 0.457 e. The lowest BCUT2D eigenvalue weighted by Gasteiger charge is -2.42. The van der Waals surface area contributed by atoms with Crippen molar-refractivity contribution in [3.63, 3.8) is 0 Å². The number of rotatable bonds is 41. The van der Waals surface area contributed by atoms with Gasteiger partial charge in [0, 0.05) is 13.0 Å². The molecule has 406 valence electrons. The lowest BCUT2D eigenvalue weighted by Crippen LogP contribution is -2.61. The van der Waals surface area contributed by atoms with E-state index in [-0.39, 0.29) is 19.6 Å². The van der Waals surface area contributed by atoms with Gasteiger partial charge in [-0.25, -0.2) is 0 Å². The maximum absolute atomic E-state index is 13.0. The standard InChI is InChI=1S/C57H94O14/c1-3-5-7-9-11-13-15-17-19-21-22-23-24-25-26-28-30-32-34-36-38-40-49(59)69-46(43-66-41-39-37-35-33-31-29-27-20-18-16-14-12-10-8-6-4-2)44-67-56-55(65)53(63)51(61)48(71-56)45-68-57-54(64)52(62)50(60)47(42-58)70-57/h5-8,11-14,17-20,22-23,25-26,46-48,50-58,60-65H,3-4,9-10,15-16,21,24,27-45H2,1-2H3/b7-5-,8-6-,13-11-,14-12-,19-17-,20-18-,23-22-,26-25-. The summed E-state index contributed by atoms with van der Waals surface area (Å²) in [6, 6.07) is 0. The van der Waals surface area contributed by atoms with Crippen LogP contribution in [0.3, 0.4) is 0 Å². The molecule has 2 heterocycles. The van der Waals surface area contributed by atoms with Gasteiger partial charge in [0.25, 0.3) is 0 Å². The van der Waals surface area contributed by atoms with E-state index in [1.54, 1.807) is 0 Å². The second kappa shape index (κ2) is 43.3. The molecule has 0 amide bonds. The maximum Gasteiger partial charge on any atom is 0.306 e. The van der Waals surface area contributed by atoms with Gasteiger partial charge in [-0.3, -0.25) is 4.79 Å². The van der Waals surface area contributed by atoms with Crippen LogP contribution in [-0.2, 0) is 33.2 Å². The van der Waals surface area contributed by atoms with Crippen LogP contribution >= 0.6 is 0 Å². The van der Waals surface area contributed by atoms with Crippen LogP contribution < -0.4 is 0 Å². The molecule has 0 aromatic heterocycles. The lowest BCUT2D eigenvalue weighted by atomic mass is 9.98. The predicted octanol–water partition coefficient (Wildman–Crippen LogP) is 8.63. The Kier molecular flexibility index (Phi) is 39.1. The molecule has 0 aromatic carbocycles. The monoisotopic (exact) mass is 1000 g/mol. The molecule has 2 aliphatic rings. The van der Waals surface area contributed by atoms with Crippen LogP contribution in [0.1, 0.15) is 155 Å². The van der Waals surface area contributed by atoms with Gasteiger partial charge in [0.15, 0.2) is 12.6 Å². The first-order valence-corrected chi connectivity index (χ1v) is 26.8. The van der Waals surface area contributed by atoms with Crippen LogP contribution in [0.5, 0.6) is 0 Å². The van der Waals surface area contributed by atoms with Gasteiger partial charge >= 0.3 is 5.97 Å². The Morgan fingerprint density at radius 1 is 0.465 bits per heavy atom. The van der Waals surface area contributed by atoms with Crippen molar-refractivity contribution >= 4 is 5.97 Å². The van der Waals surface area contributed by atoms with Crippen molar-refractivity contribution in [1.82, 2.24) is 0 Å². The molecule has 11 atom stereocenters. The molecule has 2 saturated heterocycles. The normalized spacial score (nSPS) is 26.1. The number of esters is 1. The molecule has 0 spiro atoms. The number of carbonyl (C=O) groups excluding carboxylic acids is 1. The number of hydrogen-bond donors (Lipinski definition) is 7. The fourth-order valence-electron chi connectivity index (χ4n) is 7.80. The average Bonchev–Trinajstić information content (AvgIpc) is 3.37. The minimum Gasteiger partial charge on any atom is -0.457 e. The minimum atomic E-state index is -1.72. The molecule has 7 N–H and O–H groups in total. The van der Waals surface area contributed by atoms with Crippen LogP contribution in [0.2, 0.25) is 0 Å². The predicted molar refractivity (Wildman–Crippen MR) is 279 cm³/mol. The topological polar surface area (TPSA) is 214 Å². The van der Waals surface area contributed by atoms with Crippen molar-refractivity contribution in [1.29, 1.82) is 0 Å². The zero-order chi connectivity index (χ0) is 51.6. The summed E-state index contributed by atoms with van der Waals surface area (Å²) in [6.07, 6.45) is 40.3. The highest BCUT2D eigenvalue weighted by Gasteiger charge is 2.47. The first kappa shape index (κ1) is 64.0. The number of aliphatic hydroxyl groups excluding tert-OH is 7. The maximum atomic E-state index is 13.0. The summed E-state index contributed by atoms with van der Waals surface area (Å²) in [5, 5.41) is 72.2. The van der Waals surface area contributed by atoms with Crippen LogP contribution in [0.4, 0.5) is 0 Å². The summed E-state index contributed by atoms with van der Waals surface area (Å²) in [4.78, 5) is 13.0. The highest BCUT2D eigenvalue weighted by Crippen LogP contribution is 2.26. The molecule has 0 saturated carbocycles. The molecule has 14 heteroatoms. The quantitative estimate of drug-likeness (QED) is 0.0174. The van der Waals surface area contributed by atoms with E-state index in [1.807, 2.05) is 0 Å². The van der Waals surface area contributed by atoms with Gasteiger partial charge in [-0.2, -0.15) is 0 Å². The Morgan fingerprint density at radius 3 is 1.37 bits per heavy atom. The van der Waals surface area contributed by atoms with Crippen molar-refractivity contribution in [2.24, 2.45) is 0 Å². The molecule has 14 nitrogen and oxygen atoms in total. The molecule has 2 aliphatic heterocycles. The Hall–Kier alpha value is -3.09. The Morgan fingerprint density at radius 2 is 0.873 bits per heavy atom. The molecule has 0 bridgehead atoms. The SMILES string of the molecule is CC/C=C\C/C=C\C/C=C\C/C=C\C/C=C\CCCCCCCC(=O)OC(COCCCCCCCC/C=C\C/C=C\C/C=C\CC)COC1OC(COC2OC(CO)C(O)C(O)C2O)C(O)C(O)C1O. The summed E-state index contributed by atoms with van der Waals surface area (Å²) in [5.74, 6) is -0.404. The van der Waals surface area contributed by atoms with Crippen molar-refractivity contribution in [2.75, 3.05) is 33.0 Å².